The first kappa shape index (κ1) is 14.8. The maximum atomic E-state index is 3.87. The van der Waals surface area contributed by atoms with E-state index in [2.05, 4.69) is 71.9 Å². The molecule has 0 radical (unpaired) electrons. The lowest BCUT2D eigenvalue weighted by Crippen LogP contribution is -2.52. The van der Waals surface area contributed by atoms with Crippen molar-refractivity contribution >= 4 is 5.69 Å². The predicted molar refractivity (Wildman–Crippen MR) is 97.7 cm³/mol. The van der Waals surface area contributed by atoms with Gasteiger partial charge in [0.1, 0.15) is 0 Å². The van der Waals surface area contributed by atoms with Crippen LogP contribution in [0.25, 0.3) is 11.1 Å². The predicted octanol–water partition coefficient (Wildman–Crippen LogP) is 4.78. The fraction of sp³-hybridized carbons (Fsp3) is 0.429. The van der Waals surface area contributed by atoms with Crippen LogP contribution in [0, 0.1) is 0 Å². The number of hydrogen-bond donors (Lipinski definition) is 1. The molecule has 23 heavy (non-hydrogen) atoms. The Morgan fingerprint density at radius 1 is 0.870 bits per heavy atom. The van der Waals surface area contributed by atoms with Crippen LogP contribution in [0.2, 0.25) is 0 Å². The molecule has 2 bridgehead atoms. The van der Waals surface area contributed by atoms with Crippen LogP contribution in [0.4, 0.5) is 5.69 Å². The van der Waals surface area contributed by atoms with Gasteiger partial charge in [-0.25, -0.2) is 0 Å². The largest absolute Gasteiger partial charge is 0.382 e. The summed E-state index contributed by atoms with van der Waals surface area (Å²) in [4.78, 5) is 2.63. The molecule has 2 aliphatic rings. The van der Waals surface area contributed by atoms with Gasteiger partial charge in [-0.15, -0.1) is 0 Å². The van der Waals surface area contributed by atoms with Crippen molar-refractivity contribution in [2.75, 3.05) is 12.4 Å². The highest BCUT2D eigenvalue weighted by atomic mass is 15.2. The van der Waals surface area contributed by atoms with Crippen LogP contribution in [-0.2, 0) is 0 Å². The van der Waals surface area contributed by atoms with Crippen molar-refractivity contribution in [3.8, 4) is 11.1 Å². The second-order valence-corrected chi connectivity index (χ2v) is 7.13. The molecule has 2 fully saturated rings. The SMILES string of the molecule is CN1C2CCCC1CC(Nc1ccccc1-c1ccccc1)C2. The Labute approximate surface area is 139 Å². The molecule has 4 rings (SSSR count). The van der Waals surface area contributed by atoms with Crippen LogP contribution in [0.1, 0.15) is 32.1 Å². The number of rotatable bonds is 3. The Balaban J connectivity index is 1.56. The molecule has 2 nitrogen and oxygen atoms in total. The molecule has 2 heteroatoms. The molecule has 2 aliphatic heterocycles. The number of benzene rings is 2. The summed E-state index contributed by atoms with van der Waals surface area (Å²) in [5.74, 6) is 0. The third-order valence-electron chi connectivity index (χ3n) is 5.71. The van der Waals surface area contributed by atoms with E-state index in [1.54, 1.807) is 0 Å². The first-order valence-electron chi connectivity index (χ1n) is 8.94. The zero-order valence-electron chi connectivity index (χ0n) is 13.9. The van der Waals surface area contributed by atoms with Gasteiger partial charge in [-0.3, -0.25) is 0 Å². The highest BCUT2D eigenvalue weighted by Crippen LogP contribution is 2.35. The second-order valence-electron chi connectivity index (χ2n) is 7.13. The van der Waals surface area contributed by atoms with Crippen LogP contribution in [0.5, 0.6) is 0 Å². The van der Waals surface area contributed by atoms with Crippen molar-refractivity contribution in [1.29, 1.82) is 0 Å². The molecular weight excluding hydrogens is 280 g/mol. The van der Waals surface area contributed by atoms with E-state index in [0.717, 1.165) is 12.1 Å². The third-order valence-corrected chi connectivity index (χ3v) is 5.71. The number of piperidine rings is 2. The quantitative estimate of drug-likeness (QED) is 0.878. The Hall–Kier alpha value is -1.80. The Bertz CT molecular complexity index is 638. The van der Waals surface area contributed by atoms with Gasteiger partial charge in [0.15, 0.2) is 0 Å². The molecule has 2 saturated heterocycles. The smallest absolute Gasteiger partial charge is 0.0422 e. The van der Waals surface area contributed by atoms with Crippen molar-refractivity contribution in [2.45, 2.75) is 50.2 Å². The summed E-state index contributed by atoms with van der Waals surface area (Å²) < 4.78 is 0. The molecule has 2 aromatic rings. The lowest BCUT2D eigenvalue weighted by atomic mass is 9.82. The van der Waals surface area contributed by atoms with Crippen molar-refractivity contribution in [2.24, 2.45) is 0 Å². The normalized spacial score (nSPS) is 27.6. The van der Waals surface area contributed by atoms with E-state index in [0.29, 0.717) is 6.04 Å². The molecule has 2 unspecified atom stereocenters. The number of hydrogen-bond acceptors (Lipinski definition) is 2. The highest BCUT2D eigenvalue weighted by molar-refractivity contribution is 5.77. The van der Waals surface area contributed by atoms with Gasteiger partial charge in [0.2, 0.25) is 0 Å². The first-order valence-corrected chi connectivity index (χ1v) is 8.94. The van der Waals surface area contributed by atoms with Gasteiger partial charge >= 0.3 is 0 Å². The van der Waals surface area contributed by atoms with E-state index in [1.807, 2.05) is 0 Å². The molecule has 0 aromatic heterocycles. The summed E-state index contributed by atoms with van der Waals surface area (Å²) in [6.07, 6.45) is 6.69. The molecule has 120 valence electrons. The van der Waals surface area contributed by atoms with Gasteiger partial charge in [0.05, 0.1) is 0 Å². The highest BCUT2D eigenvalue weighted by Gasteiger charge is 2.35. The zero-order valence-corrected chi connectivity index (χ0v) is 13.9. The van der Waals surface area contributed by atoms with E-state index < -0.39 is 0 Å². The van der Waals surface area contributed by atoms with E-state index in [4.69, 9.17) is 0 Å². The van der Waals surface area contributed by atoms with Crippen LogP contribution in [0.3, 0.4) is 0 Å². The molecular formula is C21H26N2. The lowest BCUT2D eigenvalue weighted by molar-refractivity contribution is 0.0608. The van der Waals surface area contributed by atoms with Crippen molar-refractivity contribution in [3.63, 3.8) is 0 Å². The molecule has 0 saturated carbocycles. The van der Waals surface area contributed by atoms with Crippen molar-refractivity contribution < 1.29 is 0 Å². The Morgan fingerprint density at radius 3 is 2.26 bits per heavy atom. The van der Waals surface area contributed by atoms with Gasteiger partial charge in [-0.2, -0.15) is 0 Å². The first-order chi connectivity index (χ1) is 11.3. The summed E-state index contributed by atoms with van der Waals surface area (Å²) in [5, 5.41) is 3.87. The van der Waals surface area contributed by atoms with Gasteiger partial charge in [-0.05, 0) is 44.4 Å². The Kier molecular flexibility index (Phi) is 4.09. The van der Waals surface area contributed by atoms with E-state index in [9.17, 15) is 0 Å². The maximum Gasteiger partial charge on any atom is 0.0422 e. The summed E-state index contributed by atoms with van der Waals surface area (Å²) in [7, 11) is 2.32. The average molecular weight is 306 g/mol. The average Bonchev–Trinajstić information content (AvgIpc) is 2.57. The van der Waals surface area contributed by atoms with Gasteiger partial charge < -0.3 is 10.2 Å². The topological polar surface area (TPSA) is 15.3 Å². The van der Waals surface area contributed by atoms with Crippen molar-refractivity contribution in [3.05, 3.63) is 54.6 Å². The second kappa shape index (κ2) is 6.37. The number of nitrogens with one attached hydrogen (secondary N) is 1. The molecule has 1 N–H and O–H groups in total. The molecule has 2 heterocycles. The van der Waals surface area contributed by atoms with Gasteiger partial charge in [0.25, 0.3) is 0 Å². The summed E-state index contributed by atoms with van der Waals surface area (Å²) in [6, 6.07) is 21.6. The zero-order chi connectivity index (χ0) is 15.6. The Morgan fingerprint density at radius 2 is 1.52 bits per heavy atom. The number of anilines is 1. The summed E-state index contributed by atoms with van der Waals surface area (Å²) in [6.45, 7) is 0. The van der Waals surface area contributed by atoms with Gasteiger partial charge in [0, 0.05) is 29.4 Å². The lowest BCUT2D eigenvalue weighted by Gasteiger charge is -2.47. The fourth-order valence-corrected chi connectivity index (χ4v) is 4.43. The molecule has 0 amide bonds. The van der Waals surface area contributed by atoms with Crippen LogP contribution < -0.4 is 5.32 Å². The standard InChI is InChI=1S/C21H26N2/c1-23-18-10-7-11-19(23)15-17(14-18)22-21-13-6-5-12-20(21)16-8-3-2-4-9-16/h2-6,8-9,12-13,17-19,22H,7,10-11,14-15H2,1H3. The number of nitrogens with zero attached hydrogens (tertiary/aromatic N) is 1. The van der Waals surface area contributed by atoms with Crippen LogP contribution >= 0.6 is 0 Å². The monoisotopic (exact) mass is 306 g/mol. The molecule has 0 aliphatic carbocycles. The van der Waals surface area contributed by atoms with Gasteiger partial charge in [-0.1, -0.05) is 55.0 Å². The minimum Gasteiger partial charge on any atom is -0.382 e. The third kappa shape index (κ3) is 3.00. The molecule has 2 aromatic carbocycles. The van der Waals surface area contributed by atoms with E-state index in [1.165, 1.54) is 48.9 Å². The fourth-order valence-electron chi connectivity index (χ4n) is 4.43. The van der Waals surface area contributed by atoms with E-state index >= 15 is 0 Å². The summed E-state index contributed by atoms with van der Waals surface area (Å²) in [5.41, 5.74) is 3.90. The maximum absolute atomic E-state index is 3.87. The minimum absolute atomic E-state index is 0.603. The van der Waals surface area contributed by atoms with Crippen LogP contribution in [-0.4, -0.2) is 30.1 Å². The minimum atomic E-state index is 0.603. The number of fused-ring (bicyclic) bond motifs is 2. The van der Waals surface area contributed by atoms with Crippen molar-refractivity contribution in [1.82, 2.24) is 4.90 Å². The van der Waals surface area contributed by atoms with Crippen LogP contribution in [0.15, 0.2) is 54.6 Å². The molecule has 0 spiro atoms. The summed E-state index contributed by atoms with van der Waals surface area (Å²) >= 11 is 0. The van der Waals surface area contributed by atoms with E-state index in [-0.39, 0.29) is 0 Å². The molecule has 2 atom stereocenters. The number of para-hydroxylation sites is 1.